The van der Waals surface area contributed by atoms with Gasteiger partial charge >= 0.3 is 0 Å². The number of pyridine rings is 1. The van der Waals surface area contributed by atoms with E-state index < -0.39 is 10.0 Å². The first-order valence-electron chi connectivity index (χ1n) is 6.30. The predicted octanol–water partition coefficient (Wildman–Crippen LogP) is 2.67. The molecule has 0 aliphatic heterocycles. The molecule has 1 aromatic carbocycles. The van der Waals surface area contributed by atoms with Gasteiger partial charge in [0.1, 0.15) is 4.90 Å². The second-order valence-corrected chi connectivity index (χ2v) is 7.10. The van der Waals surface area contributed by atoms with E-state index in [1.54, 1.807) is 30.5 Å². The fraction of sp³-hybridized carbons (Fsp3) is 0.214. The van der Waals surface area contributed by atoms with E-state index in [4.69, 9.17) is 0 Å². The highest BCUT2D eigenvalue weighted by molar-refractivity contribution is 9.10. The Morgan fingerprint density at radius 2 is 2.05 bits per heavy atom. The van der Waals surface area contributed by atoms with Crippen LogP contribution in [0.15, 0.2) is 46.0 Å². The summed E-state index contributed by atoms with van der Waals surface area (Å²) in [7, 11) is -1.82. The van der Waals surface area contributed by atoms with E-state index in [2.05, 4.69) is 31.0 Å². The van der Waals surface area contributed by atoms with Gasteiger partial charge in [-0.2, -0.15) is 0 Å². The van der Waals surface area contributed by atoms with Crippen molar-refractivity contribution < 1.29 is 8.42 Å². The molecule has 0 saturated carbocycles. The van der Waals surface area contributed by atoms with Crippen molar-refractivity contribution in [2.24, 2.45) is 0 Å². The van der Waals surface area contributed by atoms with Gasteiger partial charge in [0.2, 0.25) is 0 Å². The third kappa shape index (κ3) is 3.81. The maximum atomic E-state index is 12.5. The summed E-state index contributed by atoms with van der Waals surface area (Å²) >= 11 is 3.32. The van der Waals surface area contributed by atoms with Crippen LogP contribution in [0.2, 0.25) is 0 Å². The van der Waals surface area contributed by atoms with Crippen molar-refractivity contribution in [2.45, 2.75) is 18.4 Å². The molecule has 2 aromatic rings. The first kappa shape index (κ1) is 15.9. The quantitative estimate of drug-likeness (QED) is 0.849. The molecule has 0 amide bonds. The highest BCUT2D eigenvalue weighted by Gasteiger charge is 2.18. The van der Waals surface area contributed by atoms with E-state index in [9.17, 15) is 8.42 Å². The van der Waals surface area contributed by atoms with Crippen LogP contribution >= 0.6 is 15.9 Å². The molecule has 0 unspecified atom stereocenters. The minimum atomic E-state index is -3.66. The summed E-state index contributed by atoms with van der Waals surface area (Å²) in [6, 6.07) is 6.92. The minimum absolute atomic E-state index is 0.200. The maximum absolute atomic E-state index is 12.5. The first-order valence-corrected chi connectivity index (χ1v) is 8.58. The number of hydrogen-bond acceptors (Lipinski definition) is 4. The van der Waals surface area contributed by atoms with Crippen molar-refractivity contribution in [3.8, 4) is 0 Å². The number of aryl methyl sites for hydroxylation is 1. The van der Waals surface area contributed by atoms with Gasteiger partial charge in [0.25, 0.3) is 10.0 Å². The Kier molecular flexibility index (Phi) is 4.97. The van der Waals surface area contributed by atoms with Crippen LogP contribution in [-0.2, 0) is 16.6 Å². The van der Waals surface area contributed by atoms with Gasteiger partial charge in [0, 0.05) is 17.2 Å². The van der Waals surface area contributed by atoms with E-state index in [0.717, 1.165) is 11.1 Å². The van der Waals surface area contributed by atoms with E-state index in [1.165, 1.54) is 6.20 Å². The lowest BCUT2D eigenvalue weighted by Gasteiger charge is -2.12. The summed E-state index contributed by atoms with van der Waals surface area (Å²) < 4.78 is 28.0. The zero-order valence-corrected chi connectivity index (χ0v) is 14.1. The molecule has 2 N–H and O–H groups in total. The average molecular weight is 370 g/mol. The molecular weight excluding hydrogens is 354 g/mol. The monoisotopic (exact) mass is 369 g/mol. The molecule has 0 aliphatic carbocycles. The van der Waals surface area contributed by atoms with E-state index in [-0.39, 0.29) is 4.90 Å². The Balaban J connectivity index is 2.34. The molecule has 112 valence electrons. The molecule has 2 rings (SSSR count). The molecule has 1 aromatic heterocycles. The Morgan fingerprint density at radius 1 is 1.29 bits per heavy atom. The van der Waals surface area contributed by atoms with Gasteiger partial charge in [-0.25, -0.2) is 8.42 Å². The number of rotatable bonds is 5. The van der Waals surface area contributed by atoms with Gasteiger partial charge in [-0.3, -0.25) is 9.71 Å². The van der Waals surface area contributed by atoms with Crippen molar-refractivity contribution in [3.63, 3.8) is 0 Å². The third-order valence-corrected chi connectivity index (χ3v) is 5.29. The Labute approximate surface area is 133 Å². The second kappa shape index (κ2) is 6.55. The Bertz CT molecular complexity index is 748. The summed E-state index contributed by atoms with van der Waals surface area (Å²) in [6.07, 6.45) is 3.12. The number of aromatic nitrogens is 1. The molecule has 21 heavy (non-hydrogen) atoms. The normalized spacial score (nSPS) is 11.4. The smallest absolute Gasteiger partial charge is 0.263 e. The van der Waals surface area contributed by atoms with Gasteiger partial charge in [0.15, 0.2) is 0 Å². The molecule has 0 saturated heterocycles. The summed E-state index contributed by atoms with van der Waals surface area (Å²) in [5.41, 5.74) is 2.29. The summed E-state index contributed by atoms with van der Waals surface area (Å²) in [4.78, 5) is 4.14. The zero-order chi connectivity index (χ0) is 15.5. The van der Waals surface area contributed by atoms with E-state index in [0.29, 0.717) is 16.7 Å². The van der Waals surface area contributed by atoms with Crippen LogP contribution in [0.3, 0.4) is 0 Å². The number of sulfonamides is 1. The molecule has 0 fully saturated rings. The number of hydrogen-bond donors (Lipinski definition) is 2. The van der Waals surface area contributed by atoms with Gasteiger partial charge in [0.05, 0.1) is 11.9 Å². The van der Waals surface area contributed by atoms with Crippen molar-refractivity contribution >= 4 is 31.6 Å². The lowest BCUT2D eigenvalue weighted by Crippen LogP contribution is -2.15. The first-order chi connectivity index (χ1) is 9.94. The molecule has 5 nitrogen and oxygen atoms in total. The lowest BCUT2D eigenvalue weighted by atomic mass is 10.2. The minimum Gasteiger partial charge on any atom is -0.316 e. The van der Waals surface area contributed by atoms with Gasteiger partial charge in [-0.15, -0.1) is 0 Å². The largest absolute Gasteiger partial charge is 0.316 e. The number of benzene rings is 1. The predicted molar refractivity (Wildman–Crippen MR) is 86.7 cm³/mol. The summed E-state index contributed by atoms with van der Waals surface area (Å²) in [6.45, 7) is 2.50. The number of nitrogens with one attached hydrogen (secondary N) is 2. The van der Waals surface area contributed by atoms with Crippen LogP contribution in [0.1, 0.15) is 11.1 Å². The van der Waals surface area contributed by atoms with E-state index >= 15 is 0 Å². The van der Waals surface area contributed by atoms with Gasteiger partial charge in [-0.05, 0) is 59.2 Å². The van der Waals surface area contributed by atoms with Crippen LogP contribution in [0.5, 0.6) is 0 Å². The van der Waals surface area contributed by atoms with Crippen molar-refractivity contribution in [2.75, 3.05) is 11.8 Å². The molecule has 7 heteroatoms. The SMILES string of the molecule is CNCc1ccc(S(=O)(=O)Nc2cnccc2C)c(Br)c1. The molecule has 0 bridgehead atoms. The molecular formula is C14H16BrN3O2S. The molecule has 0 radical (unpaired) electrons. The molecule has 0 spiro atoms. The summed E-state index contributed by atoms with van der Waals surface area (Å²) in [5.74, 6) is 0. The Hall–Kier alpha value is -1.44. The standard InChI is InChI=1S/C14H16BrN3O2S/c1-10-5-6-17-9-13(10)18-21(19,20)14-4-3-11(8-16-2)7-12(14)15/h3-7,9,16,18H,8H2,1-2H3. The van der Waals surface area contributed by atoms with Crippen molar-refractivity contribution in [1.29, 1.82) is 0 Å². The second-order valence-electron chi connectivity index (χ2n) is 4.59. The van der Waals surface area contributed by atoms with Crippen molar-refractivity contribution in [1.82, 2.24) is 10.3 Å². The van der Waals surface area contributed by atoms with Crippen LogP contribution in [0.25, 0.3) is 0 Å². The fourth-order valence-corrected chi connectivity index (χ4v) is 4.09. The van der Waals surface area contributed by atoms with Crippen LogP contribution < -0.4 is 10.0 Å². The Morgan fingerprint density at radius 3 is 2.67 bits per heavy atom. The zero-order valence-electron chi connectivity index (χ0n) is 11.7. The van der Waals surface area contributed by atoms with Gasteiger partial charge in [-0.1, -0.05) is 6.07 Å². The van der Waals surface area contributed by atoms with Crippen LogP contribution in [0, 0.1) is 6.92 Å². The maximum Gasteiger partial charge on any atom is 0.263 e. The average Bonchev–Trinajstić information content (AvgIpc) is 2.41. The number of nitrogens with zero attached hydrogens (tertiary/aromatic N) is 1. The van der Waals surface area contributed by atoms with Crippen molar-refractivity contribution in [3.05, 3.63) is 52.3 Å². The highest BCUT2D eigenvalue weighted by atomic mass is 79.9. The number of anilines is 1. The molecule has 0 atom stereocenters. The number of halogens is 1. The van der Waals surface area contributed by atoms with Gasteiger partial charge < -0.3 is 5.32 Å². The fourth-order valence-electron chi connectivity index (χ4n) is 1.85. The highest BCUT2D eigenvalue weighted by Crippen LogP contribution is 2.26. The molecule has 0 aliphatic rings. The summed E-state index contributed by atoms with van der Waals surface area (Å²) in [5, 5.41) is 3.02. The lowest BCUT2D eigenvalue weighted by molar-refractivity contribution is 0.600. The van der Waals surface area contributed by atoms with Crippen LogP contribution in [0.4, 0.5) is 5.69 Å². The topological polar surface area (TPSA) is 71.1 Å². The van der Waals surface area contributed by atoms with E-state index in [1.807, 2.05) is 14.0 Å². The molecule has 1 heterocycles. The third-order valence-electron chi connectivity index (χ3n) is 2.95. The van der Waals surface area contributed by atoms with Crippen LogP contribution in [-0.4, -0.2) is 20.4 Å².